The first kappa shape index (κ1) is 17.4. The van der Waals surface area contributed by atoms with E-state index in [-0.39, 0.29) is 18.1 Å². The number of aromatic nitrogens is 2. The molecule has 0 aliphatic carbocycles. The van der Waals surface area contributed by atoms with Gasteiger partial charge < -0.3 is 14.4 Å². The molecule has 1 aromatic rings. The fourth-order valence-corrected chi connectivity index (χ4v) is 3.60. The van der Waals surface area contributed by atoms with Crippen molar-refractivity contribution in [2.24, 2.45) is 0 Å². The molecule has 0 bridgehead atoms. The van der Waals surface area contributed by atoms with E-state index in [4.69, 9.17) is 9.47 Å². The average Bonchev–Trinajstić information content (AvgIpc) is 3.13. The predicted octanol–water partition coefficient (Wildman–Crippen LogP) is 2.24. The molecule has 2 fully saturated rings. The molecule has 0 aromatic carbocycles. The molecule has 3 rings (SSSR count). The van der Waals surface area contributed by atoms with Crippen LogP contribution in [0.25, 0.3) is 0 Å². The van der Waals surface area contributed by atoms with Crippen molar-refractivity contribution in [2.45, 2.75) is 70.2 Å². The Hall–Kier alpha value is -1.40. The summed E-state index contributed by atoms with van der Waals surface area (Å²) in [6.45, 7) is 4.78. The van der Waals surface area contributed by atoms with Gasteiger partial charge in [0.2, 0.25) is 0 Å². The molecule has 0 saturated carbocycles. The molecular weight excluding hydrogens is 306 g/mol. The summed E-state index contributed by atoms with van der Waals surface area (Å²) in [6.07, 6.45) is 10.1. The number of hydrogen-bond donors (Lipinski definition) is 0. The third-order valence-corrected chi connectivity index (χ3v) is 5.02. The maximum absolute atomic E-state index is 12.8. The van der Waals surface area contributed by atoms with E-state index in [2.05, 4.69) is 5.10 Å². The van der Waals surface area contributed by atoms with Crippen molar-refractivity contribution in [1.82, 2.24) is 14.7 Å². The second-order valence-corrected chi connectivity index (χ2v) is 6.87. The molecule has 134 valence electrons. The molecule has 1 amide bonds. The van der Waals surface area contributed by atoms with Crippen LogP contribution in [0.15, 0.2) is 18.5 Å². The fourth-order valence-electron chi connectivity index (χ4n) is 3.60. The Kier molecular flexibility index (Phi) is 6.26. The highest BCUT2D eigenvalue weighted by Crippen LogP contribution is 2.20. The zero-order chi connectivity index (χ0) is 16.8. The van der Waals surface area contributed by atoms with Crippen LogP contribution in [0.2, 0.25) is 0 Å². The highest BCUT2D eigenvalue weighted by atomic mass is 16.5. The van der Waals surface area contributed by atoms with Crippen molar-refractivity contribution >= 4 is 5.91 Å². The number of hydrogen-bond acceptors (Lipinski definition) is 4. The molecule has 0 N–H and O–H groups in total. The first-order valence-electron chi connectivity index (χ1n) is 9.25. The second-order valence-electron chi connectivity index (χ2n) is 6.87. The third kappa shape index (κ3) is 4.57. The lowest BCUT2D eigenvalue weighted by atomic mass is 10.0. The zero-order valence-electron chi connectivity index (χ0n) is 14.6. The van der Waals surface area contributed by atoms with E-state index in [1.165, 1.54) is 12.8 Å². The summed E-state index contributed by atoms with van der Waals surface area (Å²) in [5, 5.41) is 4.28. The van der Waals surface area contributed by atoms with Crippen molar-refractivity contribution in [1.29, 1.82) is 0 Å². The number of likely N-dealkylation sites (tertiary alicyclic amines) is 1. The van der Waals surface area contributed by atoms with Gasteiger partial charge in [-0.2, -0.15) is 5.10 Å². The molecule has 0 spiro atoms. The summed E-state index contributed by atoms with van der Waals surface area (Å²) < 4.78 is 13.4. The molecule has 6 heteroatoms. The molecule has 0 unspecified atom stereocenters. The van der Waals surface area contributed by atoms with Gasteiger partial charge in [-0.1, -0.05) is 0 Å². The van der Waals surface area contributed by atoms with Crippen molar-refractivity contribution in [3.05, 3.63) is 18.5 Å². The molecule has 2 aliphatic heterocycles. The second kappa shape index (κ2) is 8.62. The van der Waals surface area contributed by atoms with E-state index >= 15 is 0 Å². The third-order valence-electron chi connectivity index (χ3n) is 5.02. The first-order valence-corrected chi connectivity index (χ1v) is 9.25. The Labute approximate surface area is 144 Å². The number of piperidine rings is 1. The lowest BCUT2D eigenvalue weighted by Crippen LogP contribution is -2.50. The van der Waals surface area contributed by atoms with Crippen molar-refractivity contribution in [3.63, 3.8) is 0 Å². The normalized spacial score (nSPS) is 26.3. The highest BCUT2D eigenvalue weighted by Gasteiger charge is 2.31. The SMILES string of the molecule is C[C@H](OC[C@H]1CCCCO1)C(=O)N1CCCC[C@@H]1Cn1cccn1. The van der Waals surface area contributed by atoms with Crippen LogP contribution in [0.3, 0.4) is 0 Å². The molecular formula is C18H29N3O3. The lowest BCUT2D eigenvalue weighted by Gasteiger charge is -2.37. The van der Waals surface area contributed by atoms with Crippen LogP contribution < -0.4 is 0 Å². The van der Waals surface area contributed by atoms with Crippen LogP contribution >= 0.6 is 0 Å². The molecule has 2 aliphatic rings. The topological polar surface area (TPSA) is 56.6 Å². The van der Waals surface area contributed by atoms with Crippen LogP contribution in [-0.2, 0) is 20.8 Å². The van der Waals surface area contributed by atoms with Crippen LogP contribution in [0.4, 0.5) is 0 Å². The first-order chi connectivity index (χ1) is 11.7. The fraction of sp³-hybridized carbons (Fsp3) is 0.778. The largest absolute Gasteiger partial charge is 0.376 e. The maximum atomic E-state index is 12.8. The molecule has 24 heavy (non-hydrogen) atoms. The predicted molar refractivity (Wildman–Crippen MR) is 90.6 cm³/mol. The number of ether oxygens (including phenoxy) is 2. The van der Waals surface area contributed by atoms with E-state index in [1.54, 1.807) is 6.20 Å². The Balaban J connectivity index is 1.52. The van der Waals surface area contributed by atoms with Crippen molar-refractivity contribution in [3.8, 4) is 0 Å². The summed E-state index contributed by atoms with van der Waals surface area (Å²) in [5.41, 5.74) is 0. The molecule has 0 radical (unpaired) electrons. The Bertz CT molecular complexity index is 500. The summed E-state index contributed by atoms with van der Waals surface area (Å²) in [4.78, 5) is 14.8. The number of nitrogens with zero attached hydrogens (tertiary/aromatic N) is 3. The van der Waals surface area contributed by atoms with Gasteiger partial charge in [-0.25, -0.2) is 0 Å². The minimum Gasteiger partial charge on any atom is -0.376 e. The van der Waals surface area contributed by atoms with Gasteiger partial charge in [0.15, 0.2) is 0 Å². The number of carbonyl (C=O) groups is 1. The summed E-state index contributed by atoms with van der Waals surface area (Å²) in [5.74, 6) is 0.0997. The van der Waals surface area contributed by atoms with Gasteiger partial charge in [0.1, 0.15) is 6.10 Å². The van der Waals surface area contributed by atoms with E-state index in [0.29, 0.717) is 6.61 Å². The quantitative estimate of drug-likeness (QED) is 0.800. The maximum Gasteiger partial charge on any atom is 0.251 e. The Morgan fingerprint density at radius 2 is 2.21 bits per heavy atom. The molecule has 3 atom stereocenters. The zero-order valence-corrected chi connectivity index (χ0v) is 14.6. The average molecular weight is 335 g/mol. The van der Waals surface area contributed by atoms with Crippen LogP contribution in [0, 0.1) is 0 Å². The Morgan fingerprint density at radius 1 is 1.33 bits per heavy atom. The van der Waals surface area contributed by atoms with Crippen LogP contribution in [0.5, 0.6) is 0 Å². The molecule has 2 saturated heterocycles. The van der Waals surface area contributed by atoms with Gasteiger partial charge in [-0.15, -0.1) is 0 Å². The highest BCUT2D eigenvalue weighted by molar-refractivity contribution is 5.81. The van der Waals surface area contributed by atoms with Crippen molar-refractivity contribution in [2.75, 3.05) is 19.8 Å². The summed E-state index contributed by atoms with van der Waals surface area (Å²) >= 11 is 0. The minimum atomic E-state index is -0.409. The molecule has 1 aromatic heterocycles. The molecule has 3 heterocycles. The van der Waals surface area contributed by atoms with E-state index in [0.717, 1.165) is 45.4 Å². The number of carbonyl (C=O) groups excluding carboxylic acids is 1. The molecule has 6 nitrogen and oxygen atoms in total. The van der Waals surface area contributed by atoms with Gasteiger partial charge in [0, 0.05) is 25.5 Å². The van der Waals surface area contributed by atoms with Gasteiger partial charge in [0.05, 0.1) is 25.3 Å². The standard InChI is InChI=1S/C18H29N3O3/c1-15(24-14-17-8-3-5-12-23-17)18(22)21-11-4-2-7-16(21)13-20-10-6-9-19-20/h6,9-10,15-17H,2-5,7-8,11-14H2,1H3/t15-,16+,17+/m0/s1. The van der Waals surface area contributed by atoms with Crippen molar-refractivity contribution < 1.29 is 14.3 Å². The Morgan fingerprint density at radius 3 is 2.96 bits per heavy atom. The van der Waals surface area contributed by atoms with Gasteiger partial charge in [-0.05, 0) is 51.5 Å². The minimum absolute atomic E-state index is 0.0997. The van der Waals surface area contributed by atoms with Gasteiger partial charge >= 0.3 is 0 Å². The van der Waals surface area contributed by atoms with E-state index in [1.807, 2.05) is 28.8 Å². The summed E-state index contributed by atoms with van der Waals surface area (Å²) in [7, 11) is 0. The monoisotopic (exact) mass is 335 g/mol. The summed E-state index contributed by atoms with van der Waals surface area (Å²) in [6, 6.07) is 2.13. The lowest BCUT2D eigenvalue weighted by molar-refractivity contribution is -0.150. The van der Waals surface area contributed by atoms with Gasteiger partial charge in [0.25, 0.3) is 5.91 Å². The van der Waals surface area contributed by atoms with Crippen LogP contribution in [-0.4, -0.2) is 58.6 Å². The number of amides is 1. The van der Waals surface area contributed by atoms with Gasteiger partial charge in [-0.3, -0.25) is 9.48 Å². The van der Waals surface area contributed by atoms with E-state index < -0.39 is 6.10 Å². The number of rotatable bonds is 6. The van der Waals surface area contributed by atoms with E-state index in [9.17, 15) is 4.79 Å². The van der Waals surface area contributed by atoms with Crippen LogP contribution in [0.1, 0.15) is 45.4 Å². The smallest absolute Gasteiger partial charge is 0.251 e.